The molecule has 0 aliphatic carbocycles. The van der Waals surface area contributed by atoms with Crippen LogP contribution in [-0.2, 0) is 6.54 Å². The van der Waals surface area contributed by atoms with E-state index >= 15 is 0 Å². The standard InChI is InChI=1S/C16H17NO3/c1-10-4-6-13(7-5-10)9-17-16-15(12(3)18)14(19)8-11(2)20-16/h4-8,17H,9H2,1-3H3. The third-order valence-electron chi connectivity index (χ3n) is 3.00. The molecule has 0 saturated carbocycles. The number of benzene rings is 1. The molecule has 0 aliphatic heterocycles. The van der Waals surface area contributed by atoms with Gasteiger partial charge >= 0.3 is 0 Å². The third kappa shape index (κ3) is 3.15. The lowest BCUT2D eigenvalue weighted by molar-refractivity contribution is 0.101. The zero-order valence-corrected chi connectivity index (χ0v) is 11.8. The average molecular weight is 271 g/mol. The van der Waals surface area contributed by atoms with Crippen LogP contribution < -0.4 is 10.7 Å². The van der Waals surface area contributed by atoms with E-state index in [0.29, 0.717) is 12.3 Å². The Morgan fingerprint density at radius 2 is 1.85 bits per heavy atom. The Labute approximate surface area is 117 Å². The summed E-state index contributed by atoms with van der Waals surface area (Å²) in [5.41, 5.74) is 1.99. The highest BCUT2D eigenvalue weighted by molar-refractivity contribution is 5.98. The third-order valence-corrected chi connectivity index (χ3v) is 3.00. The van der Waals surface area contributed by atoms with Crippen molar-refractivity contribution in [1.29, 1.82) is 0 Å². The summed E-state index contributed by atoms with van der Waals surface area (Å²) in [6, 6.07) is 9.33. The largest absolute Gasteiger partial charge is 0.445 e. The maximum absolute atomic E-state index is 11.8. The number of carbonyl (C=O) groups excluding carboxylic acids is 1. The van der Waals surface area contributed by atoms with Gasteiger partial charge in [0.2, 0.25) is 5.88 Å². The summed E-state index contributed by atoms with van der Waals surface area (Å²) >= 11 is 0. The molecule has 1 aromatic heterocycles. The molecule has 104 valence electrons. The molecule has 4 heteroatoms. The van der Waals surface area contributed by atoms with E-state index in [9.17, 15) is 9.59 Å². The number of ketones is 1. The van der Waals surface area contributed by atoms with E-state index in [-0.39, 0.29) is 22.7 Å². The van der Waals surface area contributed by atoms with Crippen LogP contribution in [0.4, 0.5) is 5.88 Å². The first-order valence-electron chi connectivity index (χ1n) is 6.42. The van der Waals surface area contributed by atoms with Crippen molar-refractivity contribution in [2.24, 2.45) is 0 Å². The van der Waals surface area contributed by atoms with Gasteiger partial charge in [0.25, 0.3) is 0 Å². The highest BCUT2D eigenvalue weighted by Gasteiger charge is 2.15. The minimum Gasteiger partial charge on any atom is -0.445 e. The van der Waals surface area contributed by atoms with Gasteiger partial charge in [-0.3, -0.25) is 9.59 Å². The first-order valence-corrected chi connectivity index (χ1v) is 6.42. The Kier molecular flexibility index (Phi) is 4.03. The van der Waals surface area contributed by atoms with Crippen molar-refractivity contribution in [2.45, 2.75) is 27.3 Å². The van der Waals surface area contributed by atoms with Crippen LogP contribution in [0.2, 0.25) is 0 Å². The predicted molar refractivity (Wildman–Crippen MR) is 78.2 cm³/mol. The molecule has 0 saturated heterocycles. The van der Waals surface area contributed by atoms with E-state index in [4.69, 9.17) is 4.42 Å². The van der Waals surface area contributed by atoms with Gasteiger partial charge in [0.15, 0.2) is 11.2 Å². The van der Waals surface area contributed by atoms with Gasteiger partial charge in [0, 0.05) is 12.6 Å². The van der Waals surface area contributed by atoms with E-state index in [0.717, 1.165) is 5.56 Å². The Morgan fingerprint density at radius 1 is 1.20 bits per heavy atom. The van der Waals surface area contributed by atoms with Gasteiger partial charge in [0.05, 0.1) is 0 Å². The second-order valence-corrected chi connectivity index (χ2v) is 4.82. The maximum atomic E-state index is 11.8. The number of carbonyl (C=O) groups is 1. The lowest BCUT2D eigenvalue weighted by atomic mass is 10.1. The summed E-state index contributed by atoms with van der Waals surface area (Å²) in [5, 5.41) is 3.02. The van der Waals surface area contributed by atoms with Crippen molar-refractivity contribution in [3.8, 4) is 0 Å². The van der Waals surface area contributed by atoms with Gasteiger partial charge in [-0.25, -0.2) is 0 Å². The summed E-state index contributed by atoms with van der Waals surface area (Å²) in [5.74, 6) is 0.416. The zero-order chi connectivity index (χ0) is 14.7. The van der Waals surface area contributed by atoms with Gasteiger partial charge in [0.1, 0.15) is 11.3 Å². The number of anilines is 1. The fraction of sp³-hybridized carbons (Fsp3) is 0.250. The van der Waals surface area contributed by atoms with E-state index < -0.39 is 0 Å². The van der Waals surface area contributed by atoms with Crippen LogP contribution in [0.5, 0.6) is 0 Å². The molecule has 4 nitrogen and oxygen atoms in total. The fourth-order valence-electron chi connectivity index (χ4n) is 1.96. The minimum absolute atomic E-state index is 0.0720. The zero-order valence-electron chi connectivity index (χ0n) is 11.8. The lowest BCUT2D eigenvalue weighted by Gasteiger charge is -2.09. The van der Waals surface area contributed by atoms with E-state index in [1.807, 2.05) is 31.2 Å². The number of hydrogen-bond donors (Lipinski definition) is 1. The molecule has 0 amide bonds. The summed E-state index contributed by atoms with van der Waals surface area (Å²) in [4.78, 5) is 23.4. The molecule has 1 heterocycles. The highest BCUT2D eigenvalue weighted by Crippen LogP contribution is 2.16. The van der Waals surface area contributed by atoms with E-state index in [1.165, 1.54) is 18.6 Å². The summed E-state index contributed by atoms with van der Waals surface area (Å²) in [6.45, 7) is 5.55. The topological polar surface area (TPSA) is 59.3 Å². The summed E-state index contributed by atoms with van der Waals surface area (Å²) in [6.07, 6.45) is 0. The SMILES string of the molecule is CC(=O)c1c(NCc2ccc(C)cc2)oc(C)cc1=O. The molecular formula is C16H17NO3. The van der Waals surface area contributed by atoms with E-state index in [1.54, 1.807) is 6.92 Å². The molecule has 0 unspecified atom stereocenters. The van der Waals surface area contributed by atoms with Crippen molar-refractivity contribution in [3.63, 3.8) is 0 Å². The van der Waals surface area contributed by atoms with Crippen LogP contribution in [-0.4, -0.2) is 5.78 Å². The van der Waals surface area contributed by atoms with Gasteiger partial charge in [-0.2, -0.15) is 0 Å². The van der Waals surface area contributed by atoms with Crippen LogP contribution in [0.25, 0.3) is 0 Å². The second-order valence-electron chi connectivity index (χ2n) is 4.82. The molecule has 1 aromatic carbocycles. The lowest BCUT2D eigenvalue weighted by Crippen LogP contribution is -2.16. The normalized spacial score (nSPS) is 10.3. The number of hydrogen-bond acceptors (Lipinski definition) is 4. The Hall–Kier alpha value is -2.36. The first-order chi connectivity index (χ1) is 9.47. The molecule has 1 N–H and O–H groups in total. The van der Waals surface area contributed by atoms with Crippen molar-refractivity contribution in [1.82, 2.24) is 0 Å². The van der Waals surface area contributed by atoms with Crippen LogP contribution in [0.15, 0.2) is 39.5 Å². The maximum Gasteiger partial charge on any atom is 0.208 e. The smallest absolute Gasteiger partial charge is 0.208 e. The van der Waals surface area contributed by atoms with Gasteiger partial charge < -0.3 is 9.73 Å². The van der Waals surface area contributed by atoms with Crippen LogP contribution in [0, 0.1) is 13.8 Å². The highest BCUT2D eigenvalue weighted by atomic mass is 16.4. The monoisotopic (exact) mass is 271 g/mol. The Bertz CT molecular complexity index is 684. The number of rotatable bonds is 4. The van der Waals surface area contributed by atoms with Crippen molar-refractivity contribution >= 4 is 11.7 Å². The molecule has 0 aliphatic rings. The molecular weight excluding hydrogens is 254 g/mol. The Balaban J connectivity index is 2.27. The molecule has 2 rings (SSSR count). The van der Waals surface area contributed by atoms with Gasteiger partial charge in [-0.15, -0.1) is 0 Å². The van der Waals surface area contributed by atoms with Gasteiger partial charge in [-0.1, -0.05) is 29.8 Å². The predicted octanol–water partition coefficient (Wildman–Crippen LogP) is 3.07. The van der Waals surface area contributed by atoms with Gasteiger partial charge in [-0.05, 0) is 26.3 Å². The van der Waals surface area contributed by atoms with Crippen molar-refractivity contribution in [3.05, 3.63) is 63.0 Å². The molecule has 0 fully saturated rings. The molecule has 2 aromatic rings. The molecule has 0 spiro atoms. The Morgan fingerprint density at radius 3 is 2.45 bits per heavy atom. The average Bonchev–Trinajstić information content (AvgIpc) is 2.36. The molecule has 0 bridgehead atoms. The second kappa shape index (κ2) is 5.74. The van der Waals surface area contributed by atoms with E-state index in [2.05, 4.69) is 5.32 Å². The molecule has 0 radical (unpaired) electrons. The fourth-order valence-corrected chi connectivity index (χ4v) is 1.96. The number of Topliss-reactive ketones (excluding diaryl/α,β-unsaturated/α-hetero) is 1. The first kappa shape index (κ1) is 14.1. The van der Waals surface area contributed by atoms with Crippen molar-refractivity contribution in [2.75, 3.05) is 5.32 Å². The quantitative estimate of drug-likeness (QED) is 0.868. The molecule has 20 heavy (non-hydrogen) atoms. The molecule has 0 atom stereocenters. The van der Waals surface area contributed by atoms with Crippen molar-refractivity contribution < 1.29 is 9.21 Å². The van der Waals surface area contributed by atoms with Crippen LogP contribution in [0.1, 0.15) is 34.2 Å². The summed E-state index contributed by atoms with van der Waals surface area (Å²) in [7, 11) is 0. The van der Waals surface area contributed by atoms with Crippen LogP contribution in [0.3, 0.4) is 0 Å². The summed E-state index contributed by atoms with van der Waals surface area (Å²) < 4.78 is 5.46. The van der Waals surface area contributed by atoms with Crippen LogP contribution >= 0.6 is 0 Å². The minimum atomic E-state index is -0.312. The number of nitrogens with one attached hydrogen (secondary N) is 1. The number of aryl methyl sites for hydroxylation is 2.